The van der Waals surface area contributed by atoms with Crippen LogP contribution in [-0.4, -0.2) is 31.5 Å². The van der Waals surface area contributed by atoms with Crippen LogP contribution in [0.15, 0.2) is 24.3 Å². The molecule has 0 spiro atoms. The van der Waals surface area contributed by atoms with E-state index in [9.17, 15) is 4.39 Å². The van der Waals surface area contributed by atoms with E-state index in [1.807, 2.05) is 19.1 Å². The Labute approximate surface area is 108 Å². The maximum atomic E-state index is 13.6. The van der Waals surface area contributed by atoms with E-state index in [0.29, 0.717) is 13.2 Å². The number of rotatable bonds is 9. The molecule has 0 aromatic heterocycles. The van der Waals surface area contributed by atoms with Gasteiger partial charge in [0.2, 0.25) is 0 Å². The third-order valence-electron chi connectivity index (χ3n) is 2.78. The summed E-state index contributed by atoms with van der Waals surface area (Å²) in [5.41, 5.74) is 0.719. The van der Waals surface area contributed by atoms with E-state index in [4.69, 9.17) is 9.84 Å². The average molecular weight is 255 g/mol. The molecule has 0 saturated carbocycles. The summed E-state index contributed by atoms with van der Waals surface area (Å²) in [6.07, 6.45) is 1.70. The summed E-state index contributed by atoms with van der Waals surface area (Å²) in [5, 5.41) is 11.9. The molecule has 0 aliphatic rings. The van der Waals surface area contributed by atoms with E-state index in [2.05, 4.69) is 5.32 Å². The molecule has 1 atom stereocenters. The summed E-state index contributed by atoms with van der Waals surface area (Å²) >= 11 is 0. The van der Waals surface area contributed by atoms with E-state index >= 15 is 0 Å². The van der Waals surface area contributed by atoms with Crippen LogP contribution in [-0.2, 0) is 4.74 Å². The predicted molar refractivity (Wildman–Crippen MR) is 70.0 cm³/mol. The molecule has 0 bridgehead atoms. The minimum atomic E-state index is -0.159. The van der Waals surface area contributed by atoms with Gasteiger partial charge in [0.05, 0.1) is 13.2 Å². The first-order chi connectivity index (χ1) is 8.79. The topological polar surface area (TPSA) is 41.5 Å². The molecule has 1 unspecified atom stereocenters. The Hall–Kier alpha value is -0.970. The van der Waals surface area contributed by atoms with Crippen molar-refractivity contribution >= 4 is 0 Å². The van der Waals surface area contributed by atoms with Crippen LogP contribution >= 0.6 is 0 Å². The Bertz CT molecular complexity index is 333. The third kappa shape index (κ3) is 5.12. The lowest BCUT2D eigenvalue weighted by molar-refractivity contribution is 0.0903. The van der Waals surface area contributed by atoms with Gasteiger partial charge in [0, 0.05) is 18.2 Å². The highest BCUT2D eigenvalue weighted by Gasteiger charge is 2.11. The van der Waals surface area contributed by atoms with Crippen LogP contribution < -0.4 is 5.32 Å². The lowest BCUT2D eigenvalue weighted by Gasteiger charge is -2.18. The van der Waals surface area contributed by atoms with Gasteiger partial charge in [0.15, 0.2) is 0 Å². The fourth-order valence-electron chi connectivity index (χ4n) is 1.85. The summed E-state index contributed by atoms with van der Waals surface area (Å²) < 4.78 is 18.8. The summed E-state index contributed by atoms with van der Waals surface area (Å²) in [7, 11) is 0. The zero-order valence-electron chi connectivity index (χ0n) is 10.9. The summed E-state index contributed by atoms with van der Waals surface area (Å²) in [6.45, 7) is 3.86. The van der Waals surface area contributed by atoms with Crippen molar-refractivity contribution in [3.63, 3.8) is 0 Å². The summed E-state index contributed by atoms with van der Waals surface area (Å²) in [4.78, 5) is 0. The van der Waals surface area contributed by atoms with E-state index in [-0.39, 0.29) is 18.5 Å². The van der Waals surface area contributed by atoms with Crippen LogP contribution in [0.4, 0.5) is 4.39 Å². The van der Waals surface area contributed by atoms with E-state index in [0.717, 1.165) is 24.9 Å². The largest absolute Gasteiger partial charge is 0.394 e. The minimum absolute atomic E-state index is 0.0454. The molecule has 4 heteroatoms. The van der Waals surface area contributed by atoms with Gasteiger partial charge in [0.25, 0.3) is 0 Å². The molecule has 0 heterocycles. The smallest absolute Gasteiger partial charge is 0.127 e. The molecule has 0 radical (unpaired) electrons. The molecule has 0 amide bonds. The molecular formula is C14H22FNO2. The number of ether oxygens (including phenoxy) is 1. The number of aliphatic hydroxyl groups is 1. The highest BCUT2D eigenvalue weighted by molar-refractivity contribution is 5.20. The molecule has 0 aliphatic heterocycles. The molecule has 0 fully saturated rings. The van der Waals surface area contributed by atoms with Crippen LogP contribution in [0.2, 0.25) is 0 Å². The van der Waals surface area contributed by atoms with Gasteiger partial charge in [-0.15, -0.1) is 0 Å². The van der Waals surface area contributed by atoms with E-state index < -0.39 is 0 Å². The van der Waals surface area contributed by atoms with Crippen LogP contribution in [0.1, 0.15) is 31.4 Å². The highest BCUT2D eigenvalue weighted by Crippen LogP contribution is 2.19. The lowest BCUT2D eigenvalue weighted by atomic mass is 10.0. The molecule has 102 valence electrons. The molecular weight excluding hydrogens is 233 g/mol. The number of nitrogens with one attached hydrogen (secondary N) is 1. The van der Waals surface area contributed by atoms with Gasteiger partial charge in [-0.2, -0.15) is 0 Å². The SMILES string of the molecule is CCC(NCCCOCCO)c1ccccc1F. The molecule has 1 rings (SSSR count). The second-order valence-corrected chi connectivity index (χ2v) is 4.13. The number of hydrogen-bond acceptors (Lipinski definition) is 3. The van der Waals surface area contributed by atoms with Crippen molar-refractivity contribution in [1.29, 1.82) is 0 Å². The zero-order valence-corrected chi connectivity index (χ0v) is 10.9. The Morgan fingerprint density at radius 3 is 2.78 bits per heavy atom. The number of benzene rings is 1. The molecule has 1 aromatic rings. The van der Waals surface area contributed by atoms with Crippen molar-refractivity contribution in [3.05, 3.63) is 35.6 Å². The average Bonchev–Trinajstić information content (AvgIpc) is 2.39. The second-order valence-electron chi connectivity index (χ2n) is 4.13. The van der Waals surface area contributed by atoms with Crippen LogP contribution in [0, 0.1) is 5.82 Å². The van der Waals surface area contributed by atoms with Crippen LogP contribution in [0.25, 0.3) is 0 Å². The van der Waals surface area contributed by atoms with Gasteiger partial charge < -0.3 is 15.2 Å². The first kappa shape index (κ1) is 15.1. The van der Waals surface area contributed by atoms with E-state index in [1.54, 1.807) is 6.07 Å². The Kier molecular flexibility index (Phi) is 7.57. The standard InChI is InChI=1S/C14H22FNO2/c1-2-14(12-6-3-4-7-13(12)15)16-8-5-10-18-11-9-17/h3-4,6-7,14,16-17H,2,5,8-11H2,1H3. The monoisotopic (exact) mass is 255 g/mol. The van der Waals surface area contributed by atoms with E-state index in [1.165, 1.54) is 6.07 Å². The molecule has 2 N–H and O–H groups in total. The van der Waals surface area contributed by atoms with Crippen LogP contribution in [0.3, 0.4) is 0 Å². The normalized spacial score (nSPS) is 12.6. The van der Waals surface area contributed by atoms with Gasteiger partial charge in [-0.25, -0.2) is 4.39 Å². The highest BCUT2D eigenvalue weighted by atomic mass is 19.1. The second kappa shape index (κ2) is 9.03. The van der Waals surface area contributed by atoms with Crippen molar-refractivity contribution in [1.82, 2.24) is 5.32 Å². The van der Waals surface area contributed by atoms with Crippen LogP contribution in [0.5, 0.6) is 0 Å². The Morgan fingerprint density at radius 2 is 2.11 bits per heavy atom. The minimum Gasteiger partial charge on any atom is -0.394 e. The number of aliphatic hydroxyl groups excluding tert-OH is 1. The third-order valence-corrected chi connectivity index (χ3v) is 2.78. The zero-order chi connectivity index (χ0) is 13.2. The van der Waals surface area contributed by atoms with Gasteiger partial charge in [-0.1, -0.05) is 25.1 Å². The first-order valence-corrected chi connectivity index (χ1v) is 6.46. The van der Waals surface area contributed by atoms with Crippen molar-refractivity contribution in [2.75, 3.05) is 26.4 Å². The first-order valence-electron chi connectivity index (χ1n) is 6.46. The van der Waals surface area contributed by atoms with Crippen molar-refractivity contribution in [3.8, 4) is 0 Å². The maximum absolute atomic E-state index is 13.6. The Balaban J connectivity index is 2.32. The lowest BCUT2D eigenvalue weighted by Crippen LogP contribution is -2.23. The van der Waals surface area contributed by atoms with Gasteiger partial charge >= 0.3 is 0 Å². The molecule has 1 aromatic carbocycles. The van der Waals surface area contributed by atoms with Gasteiger partial charge in [-0.3, -0.25) is 0 Å². The van der Waals surface area contributed by atoms with Gasteiger partial charge in [0.1, 0.15) is 5.82 Å². The van der Waals surface area contributed by atoms with Crippen molar-refractivity contribution < 1.29 is 14.2 Å². The fourth-order valence-corrected chi connectivity index (χ4v) is 1.85. The molecule has 18 heavy (non-hydrogen) atoms. The predicted octanol–water partition coefficient (Wildman–Crippen LogP) is 2.27. The summed E-state index contributed by atoms with van der Waals surface area (Å²) in [6, 6.07) is 6.91. The number of halogens is 1. The molecule has 0 saturated heterocycles. The van der Waals surface area contributed by atoms with Gasteiger partial charge in [-0.05, 0) is 25.5 Å². The number of hydrogen-bond donors (Lipinski definition) is 2. The fraction of sp³-hybridized carbons (Fsp3) is 0.571. The molecule has 3 nitrogen and oxygen atoms in total. The maximum Gasteiger partial charge on any atom is 0.127 e. The van der Waals surface area contributed by atoms with Crippen molar-refractivity contribution in [2.45, 2.75) is 25.8 Å². The summed E-state index contributed by atoms with van der Waals surface area (Å²) in [5.74, 6) is -0.159. The van der Waals surface area contributed by atoms with Crippen molar-refractivity contribution in [2.24, 2.45) is 0 Å². The Morgan fingerprint density at radius 1 is 1.33 bits per heavy atom. The quantitative estimate of drug-likeness (QED) is 0.665. The molecule has 0 aliphatic carbocycles.